The molecule has 0 atom stereocenters. The van der Waals surface area contributed by atoms with Gasteiger partial charge in [0.25, 0.3) is 0 Å². The predicted octanol–water partition coefficient (Wildman–Crippen LogP) is 9.15. The van der Waals surface area contributed by atoms with Gasteiger partial charge in [-0.05, 0) is 60.8 Å². The summed E-state index contributed by atoms with van der Waals surface area (Å²) in [4.78, 5) is 10.1. The minimum Gasteiger partial charge on any atom is -0.358 e. The summed E-state index contributed by atoms with van der Waals surface area (Å²) in [6.45, 7) is 19.7. The third kappa shape index (κ3) is 7.72. The van der Waals surface area contributed by atoms with Gasteiger partial charge in [-0.3, -0.25) is 9.98 Å². The molecule has 0 heterocycles. The van der Waals surface area contributed by atoms with Crippen LogP contribution >= 0.6 is 0 Å². The molecule has 174 valence electrons. The van der Waals surface area contributed by atoms with Crippen LogP contribution in [0.15, 0.2) is 46.4 Å². The fourth-order valence-corrected chi connectivity index (χ4v) is 3.44. The fourth-order valence-electron chi connectivity index (χ4n) is 3.44. The van der Waals surface area contributed by atoms with Crippen LogP contribution in [-0.4, -0.2) is 11.4 Å². The van der Waals surface area contributed by atoms with Gasteiger partial charge in [0, 0.05) is 0 Å². The molecule has 0 unspecified atom stereocenters. The topological polar surface area (TPSA) is 24.7 Å². The number of nitrogens with zero attached hydrogens (tertiary/aromatic N) is 2. The van der Waals surface area contributed by atoms with Gasteiger partial charge in [0.1, 0.15) is 0 Å². The summed E-state index contributed by atoms with van der Waals surface area (Å²) in [5, 5.41) is 0. The largest absolute Gasteiger partial charge is 2.00 e. The van der Waals surface area contributed by atoms with Gasteiger partial charge in [-0.2, -0.15) is 0 Å². The number of hydrogen-bond donors (Lipinski definition) is 0. The minimum absolute atomic E-state index is 0. The van der Waals surface area contributed by atoms with E-state index in [-0.39, 0.29) is 31.3 Å². The van der Waals surface area contributed by atoms with E-state index in [1.54, 1.807) is 0 Å². The number of benzene rings is 2. The predicted molar refractivity (Wildman–Crippen MR) is 138 cm³/mol. The zero-order valence-electron chi connectivity index (χ0n) is 21.4. The number of rotatable bonds is 6. The Morgan fingerprint density at radius 3 is 1.32 bits per heavy atom. The molecular formula is C28H42N2Ni. The van der Waals surface area contributed by atoms with Crippen LogP contribution in [0.25, 0.3) is 0 Å². The summed E-state index contributed by atoms with van der Waals surface area (Å²) >= 11 is 0. The van der Waals surface area contributed by atoms with Crippen molar-refractivity contribution in [3.8, 4) is 0 Å². The zero-order chi connectivity index (χ0) is 21.0. The molecule has 0 amide bonds. The Hall–Kier alpha value is -1.73. The molecular weight excluding hydrogens is 423 g/mol. The summed E-state index contributed by atoms with van der Waals surface area (Å²) in [7, 11) is 0. The summed E-state index contributed by atoms with van der Waals surface area (Å²) in [6.07, 6.45) is 0. The Labute approximate surface area is 202 Å². The third-order valence-corrected chi connectivity index (χ3v) is 5.32. The van der Waals surface area contributed by atoms with Crippen LogP contribution in [0.4, 0.5) is 11.4 Å². The molecule has 0 aromatic heterocycles. The van der Waals surface area contributed by atoms with Gasteiger partial charge in [-0.25, -0.2) is 0 Å². The van der Waals surface area contributed by atoms with E-state index in [0.29, 0.717) is 17.8 Å². The van der Waals surface area contributed by atoms with Crippen LogP contribution in [0.3, 0.4) is 0 Å². The van der Waals surface area contributed by atoms with Crippen LogP contribution < -0.4 is 0 Å². The second-order valence-electron chi connectivity index (χ2n) is 8.66. The Morgan fingerprint density at radius 2 is 0.935 bits per heavy atom. The van der Waals surface area contributed by atoms with E-state index in [0.717, 1.165) is 22.8 Å². The molecule has 3 heteroatoms. The summed E-state index contributed by atoms with van der Waals surface area (Å²) in [5.41, 5.74) is 9.27. The van der Waals surface area contributed by atoms with Crippen LogP contribution in [-0.2, 0) is 16.5 Å². The Balaban J connectivity index is 0. The van der Waals surface area contributed by atoms with Crippen molar-refractivity contribution in [3.63, 3.8) is 0 Å². The van der Waals surface area contributed by atoms with Crippen molar-refractivity contribution in [3.05, 3.63) is 73.5 Å². The van der Waals surface area contributed by atoms with Gasteiger partial charge in [0.2, 0.25) is 0 Å². The molecule has 0 aliphatic rings. The third-order valence-electron chi connectivity index (χ3n) is 5.32. The smallest absolute Gasteiger partial charge is 0.358 e. The summed E-state index contributed by atoms with van der Waals surface area (Å²) in [6, 6.07) is 13.0. The second-order valence-corrected chi connectivity index (χ2v) is 8.66. The first-order valence-corrected chi connectivity index (χ1v) is 10.5. The average Bonchev–Trinajstić information content (AvgIpc) is 2.62. The van der Waals surface area contributed by atoms with Crippen molar-refractivity contribution in [2.24, 2.45) is 9.98 Å². The maximum absolute atomic E-state index is 5.09. The van der Waals surface area contributed by atoms with Gasteiger partial charge in [-0.15, -0.1) is 0 Å². The minimum atomic E-state index is 0. The summed E-state index contributed by atoms with van der Waals surface area (Å²) < 4.78 is 0. The molecule has 2 aromatic rings. The van der Waals surface area contributed by atoms with E-state index in [2.05, 4.69) is 98.7 Å². The van der Waals surface area contributed by atoms with Crippen molar-refractivity contribution in [1.29, 1.82) is 0 Å². The second kappa shape index (κ2) is 13.6. The van der Waals surface area contributed by atoms with Gasteiger partial charge < -0.3 is 14.9 Å². The molecule has 0 spiro atoms. The summed E-state index contributed by atoms with van der Waals surface area (Å²) in [5.74, 6) is 1.32. The molecule has 2 nitrogen and oxygen atoms in total. The molecule has 31 heavy (non-hydrogen) atoms. The van der Waals surface area contributed by atoms with Crippen molar-refractivity contribution in [2.75, 3.05) is 0 Å². The fraction of sp³-hybridized carbons (Fsp3) is 0.429. The van der Waals surface area contributed by atoms with Gasteiger partial charge in [0.15, 0.2) is 0 Å². The van der Waals surface area contributed by atoms with E-state index < -0.39 is 0 Å². The average molecular weight is 465 g/mol. The number of para-hydroxylation sites is 2. The van der Waals surface area contributed by atoms with Gasteiger partial charge in [-0.1, -0.05) is 77.9 Å². The molecule has 0 radical (unpaired) electrons. The van der Waals surface area contributed by atoms with Crippen molar-refractivity contribution in [1.82, 2.24) is 0 Å². The Kier molecular flexibility index (Phi) is 13.8. The van der Waals surface area contributed by atoms with Crippen molar-refractivity contribution < 1.29 is 16.5 Å². The normalized spacial score (nSPS) is 11.9. The number of aryl methyl sites for hydroxylation is 1. The molecule has 2 rings (SSSR count). The van der Waals surface area contributed by atoms with Gasteiger partial charge >= 0.3 is 16.5 Å². The first kappa shape index (κ1) is 31.5. The number of aliphatic imine (C=N–C) groups is 2. The molecule has 0 bridgehead atoms. The quantitative estimate of drug-likeness (QED) is 0.231. The van der Waals surface area contributed by atoms with E-state index in [9.17, 15) is 0 Å². The van der Waals surface area contributed by atoms with Crippen LogP contribution in [0, 0.1) is 21.8 Å². The van der Waals surface area contributed by atoms with Crippen molar-refractivity contribution >= 4 is 22.8 Å². The molecule has 0 fully saturated rings. The standard InChI is InChI=1S/C26H36N2.2CH3.Ni/c1-16(2)22-13-10-12-19(7)25(22)27-20(8)21(9)28-26-23(17(3)4)14-11-15-24(26)18(5)6;;;/h10-18H,1-9H3;2*1H3;/q;2*-1;+2. The zero-order valence-corrected chi connectivity index (χ0v) is 22.4. The maximum atomic E-state index is 5.09. The molecule has 2 aromatic carbocycles. The van der Waals surface area contributed by atoms with Crippen molar-refractivity contribution in [2.45, 2.75) is 80.1 Å². The van der Waals surface area contributed by atoms with E-state index in [4.69, 9.17) is 9.98 Å². The Bertz CT molecular complexity index is 864. The van der Waals surface area contributed by atoms with Crippen LogP contribution in [0.1, 0.15) is 95.4 Å². The molecule has 0 N–H and O–H groups in total. The van der Waals surface area contributed by atoms with Crippen LogP contribution in [0.2, 0.25) is 0 Å². The maximum Gasteiger partial charge on any atom is 2.00 e. The number of hydrogen-bond acceptors (Lipinski definition) is 2. The Morgan fingerprint density at radius 1 is 0.613 bits per heavy atom. The van der Waals surface area contributed by atoms with Gasteiger partial charge in [0.05, 0.1) is 22.8 Å². The molecule has 0 saturated carbocycles. The first-order chi connectivity index (χ1) is 13.1. The SMILES string of the molecule is CC(=Nc1c(C)cccc1C(C)C)C(C)=Nc1c(C(C)C)cccc1C(C)C.[CH3-].[CH3-].[Ni+2]. The monoisotopic (exact) mass is 464 g/mol. The van der Waals surface area contributed by atoms with E-state index in [1.165, 1.54) is 22.3 Å². The molecule has 0 saturated heterocycles. The first-order valence-electron chi connectivity index (χ1n) is 10.5. The van der Waals surface area contributed by atoms with Crippen LogP contribution in [0.5, 0.6) is 0 Å². The molecule has 0 aliphatic heterocycles. The van der Waals surface area contributed by atoms with E-state index >= 15 is 0 Å². The van der Waals surface area contributed by atoms with E-state index in [1.807, 2.05) is 0 Å². The molecule has 0 aliphatic carbocycles.